The van der Waals surface area contributed by atoms with Crippen LogP contribution in [-0.4, -0.2) is 25.3 Å². The smallest absolute Gasteiger partial charge is 0.151 e. The van der Waals surface area contributed by atoms with E-state index in [4.69, 9.17) is 23.2 Å². The second-order valence-electron chi connectivity index (χ2n) is 3.32. The second-order valence-corrected chi connectivity index (χ2v) is 4.07. The lowest BCUT2D eigenvalue weighted by Crippen LogP contribution is -2.06. The van der Waals surface area contributed by atoms with Crippen LogP contribution in [0.25, 0.3) is 0 Å². The minimum absolute atomic E-state index is 0.115. The maximum Gasteiger partial charge on any atom is 0.151 e. The van der Waals surface area contributed by atoms with Crippen LogP contribution < -0.4 is 0 Å². The molecule has 0 aromatic heterocycles. The van der Waals surface area contributed by atoms with E-state index < -0.39 is 0 Å². The summed E-state index contributed by atoms with van der Waals surface area (Å²) in [6, 6.07) is 3.29. The maximum absolute atomic E-state index is 10.7. The van der Waals surface area contributed by atoms with Gasteiger partial charge in [-0.3, -0.25) is 14.8 Å². The van der Waals surface area contributed by atoms with Crippen LogP contribution >= 0.6 is 23.2 Å². The van der Waals surface area contributed by atoms with Crippen molar-refractivity contribution in [1.82, 2.24) is 0 Å². The number of aldehydes is 1. The molecule has 0 aliphatic carbocycles. The molecule has 0 fully saturated rings. The van der Waals surface area contributed by atoms with Crippen molar-refractivity contribution in [3.05, 3.63) is 33.3 Å². The number of benzene rings is 1. The summed E-state index contributed by atoms with van der Waals surface area (Å²) in [5, 5.41) is 0.657. The molecule has 2 rings (SSSR count). The zero-order valence-electron chi connectivity index (χ0n) is 8.23. The van der Waals surface area contributed by atoms with Crippen LogP contribution in [0.1, 0.15) is 22.0 Å². The number of carbonyl (C=O) groups excluding carboxylic acids is 1. The van der Waals surface area contributed by atoms with Gasteiger partial charge in [0, 0.05) is 18.0 Å². The first-order valence-electron chi connectivity index (χ1n) is 4.68. The Kier molecular flexibility index (Phi) is 3.36. The zero-order valence-corrected chi connectivity index (χ0v) is 9.74. The average Bonchev–Trinajstić information content (AvgIpc) is 2.34. The highest BCUT2D eigenvalue weighted by Gasteiger charge is 2.17. The molecular formula is C11H8Cl2N2O. The summed E-state index contributed by atoms with van der Waals surface area (Å²) in [6.07, 6.45) is 3.96. The monoisotopic (exact) mass is 254 g/mol. The van der Waals surface area contributed by atoms with Gasteiger partial charge >= 0.3 is 0 Å². The molecule has 5 heteroatoms. The zero-order chi connectivity index (χ0) is 11.5. The molecule has 1 unspecified atom stereocenters. The summed E-state index contributed by atoms with van der Waals surface area (Å²) in [6.45, 7) is 0.549. The van der Waals surface area contributed by atoms with E-state index >= 15 is 0 Å². The van der Waals surface area contributed by atoms with Crippen LogP contribution in [0.4, 0.5) is 0 Å². The fraction of sp³-hybridized carbons (Fsp3) is 0.182. The van der Waals surface area contributed by atoms with E-state index in [1.165, 1.54) is 0 Å². The molecule has 1 aromatic carbocycles. The molecule has 0 N–H and O–H groups in total. The Balaban J connectivity index is 2.42. The Morgan fingerprint density at radius 1 is 1.25 bits per heavy atom. The molecule has 1 atom stereocenters. The van der Waals surface area contributed by atoms with Gasteiger partial charge in [-0.25, -0.2) is 0 Å². The van der Waals surface area contributed by atoms with E-state index in [1.807, 2.05) is 0 Å². The predicted octanol–water partition coefficient (Wildman–Crippen LogP) is 3.00. The van der Waals surface area contributed by atoms with Crippen molar-refractivity contribution in [2.24, 2.45) is 9.98 Å². The van der Waals surface area contributed by atoms with Gasteiger partial charge in [-0.1, -0.05) is 29.3 Å². The molecule has 3 nitrogen and oxygen atoms in total. The topological polar surface area (TPSA) is 41.8 Å². The highest BCUT2D eigenvalue weighted by atomic mass is 35.5. The largest absolute Gasteiger partial charge is 0.298 e. The van der Waals surface area contributed by atoms with Crippen molar-refractivity contribution in [2.45, 2.75) is 6.04 Å². The van der Waals surface area contributed by atoms with E-state index in [0.29, 0.717) is 23.4 Å². The van der Waals surface area contributed by atoms with Crippen molar-refractivity contribution in [1.29, 1.82) is 0 Å². The quantitative estimate of drug-likeness (QED) is 0.749. The van der Waals surface area contributed by atoms with E-state index in [1.54, 1.807) is 24.6 Å². The van der Waals surface area contributed by atoms with Crippen LogP contribution in [0.2, 0.25) is 10.0 Å². The fourth-order valence-corrected chi connectivity index (χ4v) is 2.02. The molecule has 0 spiro atoms. The molecule has 0 amide bonds. The van der Waals surface area contributed by atoms with E-state index in [-0.39, 0.29) is 11.1 Å². The number of rotatable bonds is 2. The SMILES string of the molecule is O=Cc1ccc(C2CN=CC=N2)c(Cl)c1Cl. The Morgan fingerprint density at radius 3 is 2.69 bits per heavy atom. The Labute approximate surface area is 103 Å². The van der Waals surface area contributed by atoms with Gasteiger partial charge in [-0.2, -0.15) is 0 Å². The number of aliphatic imine (C=N–C) groups is 2. The molecule has 0 bridgehead atoms. The molecular weight excluding hydrogens is 247 g/mol. The molecule has 16 heavy (non-hydrogen) atoms. The number of hydrogen-bond acceptors (Lipinski definition) is 3. The number of halogens is 2. The first-order chi connectivity index (χ1) is 7.74. The molecule has 0 saturated heterocycles. The normalized spacial score (nSPS) is 18.8. The van der Waals surface area contributed by atoms with Crippen LogP contribution in [-0.2, 0) is 0 Å². The third-order valence-electron chi connectivity index (χ3n) is 2.34. The summed E-state index contributed by atoms with van der Waals surface area (Å²) in [5.41, 5.74) is 1.18. The van der Waals surface area contributed by atoms with Crippen molar-refractivity contribution in [3.63, 3.8) is 0 Å². The molecule has 1 aliphatic heterocycles. The maximum atomic E-state index is 10.7. The fourth-order valence-electron chi connectivity index (χ4n) is 1.50. The minimum Gasteiger partial charge on any atom is -0.298 e. The number of carbonyl (C=O) groups is 1. The van der Waals surface area contributed by atoms with Gasteiger partial charge < -0.3 is 0 Å². The van der Waals surface area contributed by atoms with E-state index in [9.17, 15) is 4.79 Å². The van der Waals surface area contributed by atoms with Crippen molar-refractivity contribution < 1.29 is 4.79 Å². The predicted molar refractivity (Wildman–Crippen MR) is 66.4 cm³/mol. The van der Waals surface area contributed by atoms with Gasteiger partial charge in [0.2, 0.25) is 0 Å². The van der Waals surface area contributed by atoms with Crippen molar-refractivity contribution in [2.75, 3.05) is 6.54 Å². The Bertz CT molecular complexity index is 483. The summed E-state index contributed by atoms with van der Waals surface area (Å²) >= 11 is 12.1. The third-order valence-corrected chi connectivity index (χ3v) is 3.26. The highest BCUT2D eigenvalue weighted by molar-refractivity contribution is 6.44. The number of nitrogens with zero attached hydrogens (tertiary/aromatic N) is 2. The summed E-state index contributed by atoms with van der Waals surface area (Å²) in [5.74, 6) is 0. The minimum atomic E-state index is -0.115. The molecule has 1 heterocycles. The second kappa shape index (κ2) is 4.76. The van der Waals surface area contributed by atoms with Gasteiger partial charge in [-0.05, 0) is 11.6 Å². The summed E-state index contributed by atoms with van der Waals surface area (Å²) in [7, 11) is 0. The van der Waals surface area contributed by atoms with E-state index in [0.717, 1.165) is 5.56 Å². The first kappa shape index (κ1) is 11.3. The van der Waals surface area contributed by atoms with Gasteiger partial charge in [0.25, 0.3) is 0 Å². The van der Waals surface area contributed by atoms with Crippen LogP contribution in [0.5, 0.6) is 0 Å². The standard InChI is InChI=1S/C11H8Cl2N2O/c12-10-7(6-16)1-2-8(11(10)13)9-5-14-3-4-15-9/h1-4,6,9H,5H2. The van der Waals surface area contributed by atoms with Crippen molar-refractivity contribution in [3.8, 4) is 0 Å². The molecule has 0 saturated carbocycles. The molecule has 0 radical (unpaired) electrons. The van der Waals surface area contributed by atoms with Crippen LogP contribution in [0.3, 0.4) is 0 Å². The first-order valence-corrected chi connectivity index (χ1v) is 5.44. The lowest BCUT2D eigenvalue weighted by molar-refractivity contribution is 0.112. The van der Waals surface area contributed by atoms with Gasteiger partial charge in [0.15, 0.2) is 6.29 Å². The molecule has 1 aromatic rings. The average molecular weight is 255 g/mol. The third kappa shape index (κ3) is 2.01. The van der Waals surface area contributed by atoms with Gasteiger partial charge in [0.1, 0.15) is 0 Å². The van der Waals surface area contributed by atoms with E-state index in [2.05, 4.69) is 9.98 Å². The van der Waals surface area contributed by atoms with Crippen LogP contribution in [0.15, 0.2) is 22.1 Å². The number of hydrogen-bond donors (Lipinski definition) is 0. The summed E-state index contributed by atoms with van der Waals surface area (Å²) < 4.78 is 0. The Morgan fingerprint density at radius 2 is 2.06 bits per heavy atom. The Hall–Kier alpha value is -1.19. The van der Waals surface area contributed by atoms with Crippen LogP contribution in [0, 0.1) is 0 Å². The summed E-state index contributed by atoms with van der Waals surface area (Å²) in [4.78, 5) is 19.0. The lowest BCUT2D eigenvalue weighted by Gasteiger charge is -2.15. The van der Waals surface area contributed by atoms with Gasteiger partial charge in [0.05, 0.1) is 22.6 Å². The van der Waals surface area contributed by atoms with Crippen molar-refractivity contribution >= 4 is 41.9 Å². The molecule has 82 valence electrons. The molecule has 1 aliphatic rings. The van der Waals surface area contributed by atoms with Gasteiger partial charge in [-0.15, -0.1) is 0 Å². The lowest BCUT2D eigenvalue weighted by atomic mass is 10.0. The highest BCUT2D eigenvalue weighted by Crippen LogP contribution is 2.34.